The molecule has 1 heteroatoms. The van der Waals surface area contributed by atoms with Crippen molar-refractivity contribution in [2.24, 2.45) is 0 Å². The summed E-state index contributed by atoms with van der Waals surface area (Å²) in [5, 5.41) is 0. The van der Waals surface area contributed by atoms with E-state index in [4.69, 9.17) is 7.85 Å². The first-order valence-corrected chi connectivity index (χ1v) is 2.86. The van der Waals surface area contributed by atoms with Crippen LogP contribution < -0.4 is 0 Å². The average Bonchev–Trinajstić information content (AvgIpc) is 1.66. The van der Waals surface area contributed by atoms with Gasteiger partial charge < -0.3 is 0 Å². The molecular weight excluding hydrogens is 94.9 g/mol. The summed E-state index contributed by atoms with van der Waals surface area (Å²) in [5.74, 6) is 0. The molecule has 0 aromatic carbocycles. The molecule has 0 aliphatic carbocycles. The van der Waals surface area contributed by atoms with Crippen molar-refractivity contribution in [2.45, 2.75) is 20.3 Å². The van der Waals surface area contributed by atoms with Crippen molar-refractivity contribution in [3.63, 3.8) is 0 Å². The van der Waals surface area contributed by atoms with Gasteiger partial charge in [0, 0.05) is 0 Å². The predicted molar refractivity (Wildman–Crippen MR) is 38.9 cm³/mol. The second kappa shape index (κ2) is 4.70. The summed E-state index contributed by atoms with van der Waals surface area (Å²) in [5.41, 5.74) is 0.856. The van der Waals surface area contributed by atoms with Gasteiger partial charge in [-0.1, -0.05) is 32.1 Å². The van der Waals surface area contributed by atoms with Gasteiger partial charge >= 0.3 is 0 Å². The van der Waals surface area contributed by atoms with Gasteiger partial charge in [0.05, 0.1) is 0 Å². The molecule has 0 aliphatic heterocycles. The van der Waals surface area contributed by atoms with Crippen molar-refractivity contribution in [1.29, 1.82) is 0 Å². The zero-order valence-electron chi connectivity index (χ0n) is 5.52. The number of allylic oxidation sites excluding steroid dienone is 4. The molecule has 0 N–H and O–H groups in total. The Morgan fingerprint density at radius 2 is 2.25 bits per heavy atom. The van der Waals surface area contributed by atoms with E-state index in [1.807, 2.05) is 19.1 Å². The van der Waals surface area contributed by atoms with Gasteiger partial charge in [-0.05, 0) is 6.42 Å². The van der Waals surface area contributed by atoms with Crippen LogP contribution in [0.3, 0.4) is 0 Å². The quantitative estimate of drug-likeness (QED) is 0.373. The molecule has 42 valence electrons. The Bertz CT molecular complexity index is 97.0. The van der Waals surface area contributed by atoms with E-state index in [1.54, 1.807) is 0 Å². The highest BCUT2D eigenvalue weighted by atomic mass is 13.7. The minimum atomic E-state index is 0.856. The van der Waals surface area contributed by atoms with Crippen molar-refractivity contribution in [1.82, 2.24) is 0 Å². The lowest BCUT2D eigenvalue weighted by Crippen LogP contribution is -1.66. The molecule has 0 aromatic heterocycles. The van der Waals surface area contributed by atoms with E-state index < -0.39 is 0 Å². The van der Waals surface area contributed by atoms with Gasteiger partial charge in [0.1, 0.15) is 7.85 Å². The molecule has 0 aliphatic rings. The van der Waals surface area contributed by atoms with Crippen molar-refractivity contribution < 1.29 is 0 Å². The van der Waals surface area contributed by atoms with Crippen LogP contribution in [0.1, 0.15) is 20.3 Å². The van der Waals surface area contributed by atoms with Crippen LogP contribution in [0, 0.1) is 0 Å². The van der Waals surface area contributed by atoms with Crippen molar-refractivity contribution in [3.8, 4) is 0 Å². The normalized spacial score (nSPS) is 13.0. The molecular formula is C7H11B. The standard InChI is InChI=1S/C7H11B/c1-3-4-5-6-7(2)8/h4-6H,3H2,1-2H3/b5-4-,7-6+. The fraction of sp³-hybridized carbons (Fsp3) is 0.429. The molecule has 0 fully saturated rings. The van der Waals surface area contributed by atoms with E-state index in [9.17, 15) is 0 Å². The van der Waals surface area contributed by atoms with Gasteiger partial charge in [-0.3, -0.25) is 0 Å². The van der Waals surface area contributed by atoms with Gasteiger partial charge in [0.2, 0.25) is 0 Å². The fourth-order valence-corrected chi connectivity index (χ4v) is 0.356. The van der Waals surface area contributed by atoms with Crippen LogP contribution in [0.2, 0.25) is 0 Å². The zero-order chi connectivity index (χ0) is 6.41. The molecule has 0 spiro atoms. The van der Waals surface area contributed by atoms with Gasteiger partial charge in [-0.25, -0.2) is 0 Å². The third-order valence-corrected chi connectivity index (χ3v) is 0.731. The highest BCUT2D eigenvalue weighted by Gasteiger charge is 1.67. The zero-order valence-corrected chi connectivity index (χ0v) is 5.52. The Hall–Kier alpha value is -0.455. The summed E-state index contributed by atoms with van der Waals surface area (Å²) in [6, 6.07) is 0. The highest BCUT2D eigenvalue weighted by molar-refractivity contribution is 6.21. The smallest absolute Gasteiger partial charge is 0.107 e. The monoisotopic (exact) mass is 106 g/mol. The largest absolute Gasteiger partial charge is 0.121 e. The van der Waals surface area contributed by atoms with Crippen molar-refractivity contribution >= 4 is 7.85 Å². The van der Waals surface area contributed by atoms with E-state index in [1.165, 1.54) is 0 Å². The van der Waals surface area contributed by atoms with Crippen LogP contribution >= 0.6 is 0 Å². The van der Waals surface area contributed by atoms with Crippen LogP contribution in [0.5, 0.6) is 0 Å². The molecule has 8 heavy (non-hydrogen) atoms. The SMILES string of the molecule is [B]/C(C)=C/C=C\CC. The first-order chi connectivity index (χ1) is 3.77. The van der Waals surface area contributed by atoms with E-state index in [0.717, 1.165) is 11.9 Å². The van der Waals surface area contributed by atoms with Crippen LogP contribution in [-0.4, -0.2) is 7.85 Å². The summed E-state index contributed by atoms with van der Waals surface area (Å²) in [4.78, 5) is 0. The Balaban J connectivity index is 3.42. The van der Waals surface area contributed by atoms with Crippen LogP contribution in [-0.2, 0) is 0 Å². The molecule has 0 rings (SSSR count). The Morgan fingerprint density at radius 1 is 1.62 bits per heavy atom. The molecule has 0 saturated carbocycles. The minimum Gasteiger partial charge on any atom is -0.121 e. The third kappa shape index (κ3) is 5.54. The summed E-state index contributed by atoms with van der Waals surface area (Å²) < 4.78 is 0. The van der Waals surface area contributed by atoms with Gasteiger partial charge in [0.25, 0.3) is 0 Å². The van der Waals surface area contributed by atoms with Crippen molar-refractivity contribution in [3.05, 3.63) is 23.7 Å². The molecule has 0 saturated heterocycles. The topological polar surface area (TPSA) is 0 Å². The van der Waals surface area contributed by atoms with Crippen molar-refractivity contribution in [2.75, 3.05) is 0 Å². The second-order valence-corrected chi connectivity index (χ2v) is 1.75. The summed E-state index contributed by atoms with van der Waals surface area (Å²) in [7, 11) is 5.34. The maximum atomic E-state index is 5.34. The molecule has 0 aromatic rings. The van der Waals surface area contributed by atoms with E-state index in [0.29, 0.717) is 0 Å². The molecule has 0 heterocycles. The fourth-order valence-electron chi connectivity index (χ4n) is 0.356. The molecule has 0 atom stereocenters. The minimum absolute atomic E-state index is 0.856. The summed E-state index contributed by atoms with van der Waals surface area (Å²) in [6.45, 7) is 3.97. The molecule has 0 nitrogen and oxygen atoms in total. The molecule has 2 radical (unpaired) electrons. The van der Waals surface area contributed by atoms with Crippen LogP contribution in [0.15, 0.2) is 23.7 Å². The Labute approximate surface area is 52.7 Å². The van der Waals surface area contributed by atoms with E-state index in [2.05, 4.69) is 13.0 Å². The number of rotatable bonds is 2. The second-order valence-electron chi connectivity index (χ2n) is 1.75. The van der Waals surface area contributed by atoms with Gasteiger partial charge in [-0.15, -0.1) is 5.47 Å². The lowest BCUT2D eigenvalue weighted by molar-refractivity contribution is 1.22. The third-order valence-electron chi connectivity index (χ3n) is 0.731. The number of hydrogen-bond donors (Lipinski definition) is 0. The average molecular weight is 106 g/mol. The van der Waals surface area contributed by atoms with Crippen LogP contribution in [0.25, 0.3) is 0 Å². The van der Waals surface area contributed by atoms with Gasteiger partial charge in [-0.2, -0.15) is 0 Å². The van der Waals surface area contributed by atoms with E-state index >= 15 is 0 Å². The Morgan fingerprint density at radius 3 is 2.62 bits per heavy atom. The maximum absolute atomic E-state index is 5.34. The maximum Gasteiger partial charge on any atom is 0.107 e. The molecule has 0 amide bonds. The number of hydrogen-bond acceptors (Lipinski definition) is 0. The highest BCUT2D eigenvalue weighted by Crippen LogP contribution is 1.85. The first-order valence-electron chi connectivity index (χ1n) is 2.86. The van der Waals surface area contributed by atoms with E-state index in [-0.39, 0.29) is 0 Å². The lowest BCUT2D eigenvalue weighted by atomic mass is 9.98. The first kappa shape index (κ1) is 7.54. The Kier molecular flexibility index (Phi) is 4.43. The molecule has 0 bridgehead atoms. The predicted octanol–water partition coefficient (Wildman–Crippen LogP) is 2.02. The summed E-state index contributed by atoms with van der Waals surface area (Å²) in [6.07, 6.45) is 7.00. The molecule has 0 unspecified atom stereocenters. The lowest BCUT2D eigenvalue weighted by Gasteiger charge is -1.80. The van der Waals surface area contributed by atoms with Gasteiger partial charge in [0.15, 0.2) is 0 Å². The summed E-state index contributed by atoms with van der Waals surface area (Å²) >= 11 is 0. The van der Waals surface area contributed by atoms with Crippen LogP contribution in [0.4, 0.5) is 0 Å².